The van der Waals surface area contributed by atoms with E-state index in [1.165, 1.54) is 0 Å². The molecule has 1 atom stereocenters. The van der Waals surface area contributed by atoms with E-state index >= 15 is 0 Å². The van der Waals surface area contributed by atoms with Crippen LogP contribution in [0.15, 0.2) is 18.2 Å². The predicted octanol–water partition coefficient (Wildman–Crippen LogP) is 2.62. The van der Waals surface area contributed by atoms with E-state index in [0.29, 0.717) is 18.2 Å². The van der Waals surface area contributed by atoms with Gasteiger partial charge in [0, 0.05) is 12.1 Å². The summed E-state index contributed by atoms with van der Waals surface area (Å²) in [4.78, 5) is 9.37. The molecule has 0 saturated carbocycles. The van der Waals surface area contributed by atoms with Crippen molar-refractivity contribution in [1.29, 1.82) is 0 Å². The lowest BCUT2D eigenvalue weighted by molar-refractivity contribution is -0.385. The molecule has 0 aromatic heterocycles. The van der Waals surface area contributed by atoms with Crippen molar-refractivity contribution in [2.24, 2.45) is 0 Å². The van der Waals surface area contributed by atoms with Gasteiger partial charge in [0.1, 0.15) is 12.8 Å². The molecule has 1 rings (SSSR count). The molecule has 0 fully saturated rings. The Morgan fingerprint density at radius 3 is 2.35 bits per heavy atom. The maximum Gasteiger partial charge on any atom is 0.416 e. The lowest BCUT2D eigenvalue weighted by Crippen LogP contribution is -2.09. The van der Waals surface area contributed by atoms with Gasteiger partial charge in [0.2, 0.25) is 0 Å². The van der Waals surface area contributed by atoms with Crippen LogP contribution in [0.4, 0.5) is 23.2 Å². The van der Waals surface area contributed by atoms with Gasteiger partial charge >= 0.3 is 6.18 Å². The molecule has 0 aliphatic heterocycles. The molecule has 1 aromatic rings. The van der Waals surface area contributed by atoms with E-state index in [1.807, 2.05) is 0 Å². The summed E-state index contributed by atoms with van der Waals surface area (Å²) in [5.41, 5.74) is -2.62. The van der Waals surface area contributed by atoms with Crippen molar-refractivity contribution in [2.75, 3.05) is 6.67 Å². The lowest BCUT2D eigenvalue weighted by atomic mass is 10.1. The molecule has 1 aromatic carbocycles. The highest BCUT2D eigenvalue weighted by atomic mass is 19.4. The Morgan fingerprint density at radius 2 is 1.94 bits per heavy atom. The number of nitro benzene ring substituents is 1. The van der Waals surface area contributed by atoms with Gasteiger partial charge in [0.15, 0.2) is 0 Å². The van der Waals surface area contributed by atoms with Gasteiger partial charge in [-0.3, -0.25) is 10.1 Å². The highest BCUT2D eigenvalue weighted by molar-refractivity contribution is 5.41. The molecule has 0 bridgehead atoms. The van der Waals surface area contributed by atoms with E-state index < -0.39 is 40.7 Å². The molecular formula is C9H7F4NO3. The SMILES string of the molecule is O=[N+]([O-])c1cc(C(O)CF)cc(C(F)(F)F)c1. The van der Waals surface area contributed by atoms with Gasteiger partial charge in [-0.25, -0.2) is 4.39 Å². The standard InChI is InChI=1S/C9H7F4NO3/c10-4-8(15)5-1-6(9(11,12)13)3-7(2-5)14(16)17/h1-3,8,15H,4H2. The number of hydrogen-bond donors (Lipinski definition) is 1. The molecule has 17 heavy (non-hydrogen) atoms. The average molecular weight is 253 g/mol. The van der Waals surface area contributed by atoms with Crippen LogP contribution in [0, 0.1) is 10.1 Å². The molecule has 0 aliphatic rings. The Hall–Kier alpha value is -1.70. The second-order valence-electron chi connectivity index (χ2n) is 3.24. The molecule has 94 valence electrons. The molecule has 8 heteroatoms. The van der Waals surface area contributed by atoms with E-state index in [0.717, 1.165) is 0 Å². The number of aliphatic hydroxyl groups is 1. The third kappa shape index (κ3) is 3.13. The first-order valence-corrected chi connectivity index (χ1v) is 4.36. The van der Waals surface area contributed by atoms with Gasteiger partial charge in [-0.1, -0.05) is 0 Å². The van der Waals surface area contributed by atoms with Crippen LogP contribution in [0.1, 0.15) is 17.2 Å². The summed E-state index contributed by atoms with van der Waals surface area (Å²) in [7, 11) is 0. The molecule has 0 radical (unpaired) electrons. The van der Waals surface area contributed by atoms with Crippen LogP contribution in [0.2, 0.25) is 0 Å². The number of rotatable bonds is 3. The van der Waals surface area contributed by atoms with Crippen LogP contribution in [0.5, 0.6) is 0 Å². The third-order valence-corrected chi connectivity index (χ3v) is 2.01. The zero-order valence-electron chi connectivity index (χ0n) is 8.24. The normalized spacial score (nSPS) is 13.5. The Labute approximate surface area is 92.6 Å². The molecule has 1 N–H and O–H groups in total. The Balaban J connectivity index is 3.34. The molecule has 4 nitrogen and oxygen atoms in total. The number of nitro groups is 1. The number of alkyl halides is 4. The van der Waals surface area contributed by atoms with Gasteiger partial charge in [-0.2, -0.15) is 13.2 Å². The van der Waals surface area contributed by atoms with Gasteiger partial charge in [-0.15, -0.1) is 0 Å². The van der Waals surface area contributed by atoms with E-state index in [-0.39, 0.29) is 0 Å². The zero-order valence-corrected chi connectivity index (χ0v) is 8.24. The number of nitrogens with zero attached hydrogens (tertiary/aromatic N) is 1. The monoisotopic (exact) mass is 253 g/mol. The highest BCUT2D eigenvalue weighted by Gasteiger charge is 2.33. The Kier molecular flexibility index (Phi) is 3.66. The zero-order chi connectivity index (χ0) is 13.2. The summed E-state index contributed by atoms with van der Waals surface area (Å²) in [5.74, 6) is 0. The first kappa shape index (κ1) is 13.4. The second kappa shape index (κ2) is 4.66. The summed E-state index contributed by atoms with van der Waals surface area (Å²) in [6, 6.07) is 1.52. The van der Waals surface area contributed by atoms with Crippen LogP contribution >= 0.6 is 0 Å². The minimum atomic E-state index is -4.79. The maximum absolute atomic E-state index is 12.4. The largest absolute Gasteiger partial charge is 0.416 e. The van der Waals surface area contributed by atoms with Crippen LogP contribution in [-0.4, -0.2) is 16.7 Å². The number of aliphatic hydroxyl groups excluding tert-OH is 1. The number of halogens is 4. The minimum Gasteiger partial charge on any atom is -0.386 e. The average Bonchev–Trinajstić information content (AvgIpc) is 2.26. The van der Waals surface area contributed by atoms with Crippen molar-refractivity contribution < 1.29 is 27.6 Å². The van der Waals surface area contributed by atoms with E-state index in [4.69, 9.17) is 5.11 Å². The summed E-state index contributed by atoms with van der Waals surface area (Å²) in [6.07, 6.45) is -6.60. The third-order valence-electron chi connectivity index (χ3n) is 2.01. The molecule has 0 aliphatic carbocycles. The van der Waals surface area contributed by atoms with E-state index in [9.17, 15) is 27.7 Å². The topological polar surface area (TPSA) is 63.4 Å². The highest BCUT2D eigenvalue weighted by Crippen LogP contribution is 2.34. The molecule has 0 heterocycles. The van der Waals surface area contributed by atoms with E-state index in [1.54, 1.807) is 0 Å². The van der Waals surface area contributed by atoms with Crippen LogP contribution < -0.4 is 0 Å². The summed E-state index contributed by atoms with van der Waals surface area (Å²) in [6.45, 7) is -1.32. The van der Waals surface area contributed by atoms with Crippen molar-refractivity contribution in [2.45, 2.75) is 12.3 Å². The van der Waals surface area contributed by atoms with Gasteiger partial charge in [0.25, 0.3) is 5.69 Å². The fourth-order valence-electron chi connectivity index (χ4n) is 1.19. The predicted molar refractivity (Wildman–Crippen MR) is 49.0 cm³/mol. The van der Waals surface area contributed by atoms with Gasteiger partial charge in [0.05, 0.1) is 10.5 Å². The van der Waals surface area contributed by atoms with Crippen molar-refractivity contribution in [3.8, 4) is 0 Å². The van der Waals surface area contributed by atoms with Crippen molar-refractivity contribution in [1.82, 2.24) is 0 Å². The Bertz CT molecular complexity index is 433. The number of non-ortho nitro benzene ring substituents is 1. The Morgan fingerprint density at radius 1 is 1.35 bits per heavy atom. The van der Waals surface area contributed by atoms with Crippen LogP contribution in [-0.2, 0) is 6.18 Å². The summed E-state index contributed by atoms with van der Waals surface area (Å²) >= 11 is 0. The van der Waals surface area contributed by atoms with Crippen molar-refractivity contribution in [3.63, 3.8) is 0 Å². The fraction of sp³-hybridized carbons (Fsp3) is 0.333. The molecule has 1 unspecified atom stereocenters. The maximum atomic E-state index is 12.4. The van der Waals surface area contributed by atoms with Crippen LogP contribution in [0.25, 0.3) is 0 Å². The minimum absolute atomic E-state index is 0.328. The van der Waals surface area contributed by atoms with Crippen molar-refractivity contribution >= 4 is 5.69 Å². The van der Waals surface area contributed by atoms with Crippen molar-refractivity contribution in [3.05, 3.63) is 39.4 Å². The fourth-order valence-corrected chi connectivity index (χ4v) is 1.19. The molecular weight excluding hydrogens is 246 g/mol. The smallest absolute Gasteiger partial charge is 0.386 e. The first-order chi connectivity index (χ1) is 7.75. The number of hydrogen-bond acceptors (Lipinski definition) is 3. The molecule has 0 saturated heterocycles. The molecule has 0 amide bonds. The quantitative estimate of drug-likeness (QED) is 0.511. The number of benzene rings is 1. The summed E-state index contributed by atoms with van der Waals surface area (Å²) in [5, 5.41) is 19.5. The van der Waals surface area contributed by atoms with Gasteiger partial charge in [-0.05, 0) is 11.6 Å². The van der Waals surface area contributed by atoms with Crippen LogP contribution in [0.3, 0.4) is 0 Å². The molecule has 0 spiro atoms. The lowest BCUT2D eigenvalue weighted by Gasteiger charge is -2.11. The summed E-state index contributed by atoms with van der Waals surface area (Å²) < 4.78 is 49.3. The van der Waals surface area contributed by atoms with E-state index in [2.05, 4.69) is 0 Å². The first-order valence-electron chi connectivity index (χ1n) is 4.36. The second-order valence-corrected chi connectivity index (χ2v) is 3.24. The van der Waals surface area contributed by atoms with Gasteiger partial charge < -0.3 is 5.11 Å².